The van der Waals surface area contributed by atoms with Crippen molar-refractivity contribution in [1.29, 1.82) is 0 Å². The van der Waals surface area contributed by atoms with Crippen LogP contribution in [0.1, 0.15) is 43.5 Å². The molecule has 30 heavy (non-hydrogen) atoms. The predicted molar refractivity (Wildman–Crippen MR) is 115 cm³/mol. The van der Waals surface area contributed by atoms with Gasteiger partial charge in [-0.3, -0.25) is 14.4 Å². The molecule has 0 spiro atoms. The Morgan fingerprint density at radius 3 is 2.67 bits per heavy atom. The largest absolute Gasteiger partial charge is 0.496 e. The highest BCUT2D eigenvalue weighted by Gasteiger charge is 2.26. The average molecular weight is 419 g/mol. The highest BCUT2D eigenvalue weighted by atomic mass is 16.5. The van der Waals surface area contributed by atoms with Crippen LogP contribution in [-0.2, 0) is 9.59 Å². The molecule has 1 saturated heterocycles. The molecular weight excluding hydrogens is 384 g/mol. The van der Waals surface area contributed by atoms with Gasteiger partial charge < -0.3 is 26.0 Å². The Morgan fingerprint density at radius 2 is 2.00 bits per heavy atom. The molecule has 1 fully saturated rings. The van der Waals surface area contributed by atoms with E-state index < -0.39 is 6.04 Å². The fourth-order valence-corrected chi connectivity index (χ4v) is 3.70. The number of amides is 3. The summed E-state index contributed by atoms with van der Waals surface area (Å²) in [6, 6.07) is 6.28. The van der Waals surface area contributed by atoms with Gasteiger partial charge in [0.15, 0.2) is 0 Å². The number of carbonyl (C=O) groups is 3. The third-order valence-corrected chi connectivity index (χ3v) is 5.45. The van der Waals surface area contributed by atoms with Gasteiger partial charge in [0.1, 0.15) is 11.8 Å². The predicted octanol–water partition coefficient (Wildman–Crippen LogP) is 1.15. The molecule has 1 aromatic carbocycles. The number of rotatable bonds is 10. The highest BCUT2D eigenvalue weighted by molar-refractivity contribution is 5.99. The number of benzene rings is 1. The van der Waals surface area contributed by atoms with E-state index in [1.807, 2.05) is 13.8 Å². The van der Waals surface area contributed by atoms with Crippen molar-refractivity contribution in [3.05, 3.63) is 29.8 Å². The number of primary amides is 1. The Balaban J connectivity index is 1.82. The lowest BCUT2D eigenvalue weighted by Crippen LogP contribution is -2.50. The monoisotopic (exact) mass is 418 g/mol. The number of methoxy groups -OCH3 is 1. The first kappa shape index (κ1) is 23.7. The Labute approximate surface area is 178 Å². The summed E-state index contributed by atoms with van der Waals surface area (Å²) in [6.07, 6.45) is 2.58. The molecule has 1 aliphatic heterocycles. The van der Waals surface area contributed by atoms with E-state index >= 15 is 0 Å². The number of nitrogens with one attached hydrogen (secondary N) is 2. The van der Waals surface area contributed by atoms with E-state index in [1.165, 1.54) is 7.11 Å². The summed E-state index contributed by atoms with van der Waals surface area (Å²) in [4.78, 5) is 38.9. The summed E-state index contributed by atoms with van der Waals surface area (Å²) in [7, 11) is 1.51. The fraction of sp³-hybridized carbons (Fsp3) is 0.591. The summed E-state index contributed by atoms with van der Waals surface area (Å²) in [5, 5.41) is 5.74. The summed E-state index contributed by atoms with van der Waals surface area (Å²) < 4.78 is 5.23. The van der Waals surface area contributed by atoms with Gasteiger partial charge in [0.25, 0.3) is 5.91 Å². The lowest BCUT2D eigenvalue weighted by Gasteiger charge is -2.31. The summed E-state index contributed by atoms with van der Waals surface area (Å²) in [6.45, 7) is 6.72. The Bertz CT molecular complexity index is 738. The molecule has 1 heterocycles. The van der Waals surface area contributed by atoms with E-state index in [0.717, 1.165) is 32.4 Å². The van der Waals surface area contributed by atoms with Gasteiger partial charge in [-0.2, -0.15) is 0 Å². The van der Waals surface area contributed by atoms with Crippen molar-refractivity contribution >= 4 is 17.7 Å². The van der Waals surface area contributed by atoms with E-state index in [9.17, 15) is 14.4 Å². The molecule has 0 radical (unpaired) electrons. The minimum absolute atomic E-state index is 0.0675. The maximum absolute atomic E-state index is 12.7. The molecule has 8 nitrogen and oxygen atoms in total. The van der Waals surface area contributed by atoms with Crippen molar-refractivity contribution in [3.63, 3.8) is 0 Å². The molecule has 2 atom stereocenters. The molecule has 0 aliphatic carbocycles. The third kappa shape index (κ3) is 6.73. The van der Waals surface area contributed by atoms with Crippen LogP contribution in [0.3, 0.4) is 0 Å². The second-order valence-corrected chi connectivity index (χ2v) is 8.08. The van der Waals surface area contributed by atoms with Crippen LogP contribution in [0.4, 0.5) is 0 Å². The van der Waals surface area contributed by atoms with Gasteiger partial charge in [-0.05, 0) is 50.4 Å². The van der Waals surface area contributed by atoms with Crippen LogP contribution < -0.4 is 21.1 Å². The summed E-state index contributed by atoms with van der Waals surface area (Å²) in [5.74, 6) is -0.466. The second-order valence-electron chi connectivity index (χ2n) is 8.08. The van der Waals surface area contributed by atoms with E-state index in [2.05, 4.69) is 15.5 Å². The normalized spacial score (nSPS) is 17.9. The van der Waals surface area contributed by atoms with Crippen LogP contribution >= 0.6 is 0 Å². The summed E-state index contributed by atoms with van der Waals surface area (Å²) in [5.41, 5.74) is 5.82. The lowest BCUT2D eigenvalue weighted by atomic mass is 9.97. The minimum Gasteiger partial charge on any atom is -0.496 e. The Morgan fingerprint density at radius 1 is 1.27 bits per heavy atom. The molecule has 1 aliphatic rings. The Kier molecular flexibility index (Phi) is 9.11. The first-order valence-electron chi connectivity index (χ1n) is 10.6. The number of nitrogens with zero attached hydrogens (tertiary/aromatic N) is 1. The van der Waals surface area contributed by atoms with E-state index in [0.29, 0.717) is 24.4 Å². The number of likely N-dealkylation sites (tertiary alicyclic amines) is 1. The van der Waals surface area contributed by atoms with E-state index in [-0.39, 0.29) is 29.6 Å². The van der Waals surface area contributed by atoms with Crippen molar-refractivity contribution < 1.29 is 19.1 Å². The molecular formula is C22H34N4O4. The van der Waals surface area contributed by atoms with Gasteiger partial charge in [-0.25, -0.2) is 0 Å². The van der Waals surface area contributed by atoms with Gasteiger partial charge in [-0.15, -0.1) is 0 Å². The molecule has 2 unspecified atom stereocenters. The van der Waals surface area contributed by atoms with Crippen molar-refractivity contribution in [3.8, 4) is 5.75 Å². The zero-order valence-corrected chi connectivity index (χ0v) is 18.1. The summed E-state index contributed by atoms with van der Waals surface area (Å²) >= 11 is 0. The smallest absolute Gasteiger partial charge is 0.255 e. The van der Waals surface area contributed by atoms with Gasteiger partial charge in [0.05, 0.1) is 18.6 Å². The number of hydrogen-bond acceptors (Lipinski definition) is 5. The average Bonchev–Trinajstić information content (AvgIpc) is 2.74. The number of nitrogens with two attached hydrogens (primary N) is 1. The van der Waals surface area contributed by atoms with Crippen LogP contribution in [-0.4, -0.2) is 62.0 Å². The number of hydrogen-bond donors (Lipinski definition) is 3. The van der Waals surface area contributed by atoms with Gasteiger partial charge in [0.2, 0.25) is 11.8 Å². The molecule has 2 rings (SSSR count). The third-order valence-electron chi connectivity index (χ3n) is 5.45. The van der Waals surface area contributed by atoms with Crippen molar-refractivity contribution in [2.24, 2.45) is 17.6 Å². The first-order valence-corrected chi connectivity index (χ1v) is 10.6. The van der Waals surface area contributed by atoms with Crippen LogP contribution in [0.2, 0.25) is 0 Å². The molecule has 0 bridgehead atoms. The fourth-order valence-electron chi connectivity index (χ4n) is 3.70. The number of piperidine rings is 1. The molecule has 8 heteroatoms. The quantitative estimate of drug-likeness (QED) is 0.493. The number of carbonyl (C=O) groups excluding carboxylic acids is 3. The van der Waals surface area contributed by atoms with Crippen molar-refractivity contribution in [1.82, 2.24) is 15.5 Å². The SMILES string of the molecule is COc1ccccc1C(=O)NC(C(=O)NCCCN1CCCC(C(N)=O)C1)C(C)C. The van der Waals surface area contributed by atoms with Gasteiger partial charge in [-0.1, -0.05) is 26.0 Å². The zero-order chi connectivity index (χ0) is 22.1. The van der Waals surface area contributed by atoms with Crippen LogP contribution in [0, 0.1) is 11.8 Å². The standard InChI is InChI=1S/C22H34N4O4/c1-15(2)19(25-21(28)17-9-4-5-10-18(17)30-3)22(29)24-11-7-13-26-12-6-8-16(14-26)20(23)27/h4-5,9-10,15-16,19H,6-8,11-14H2,1-3H3,(H2,23,27)(H,24,29)(H,25,28). The molecule has 4 N–H and O–H groups in total. The minimum atomic E-state index is -0.642. The maximum Gasteiger partial charge on any atom is 0.255 e. The zero-order valence-electron chi connectivity index (χ0n) is 18.1. The molecule has 0 saturated carbocycles. The maximum atomic E-state index is 12.7. The lowest BCUT2D eigenvalue weighted by molar-refractivity contribution is -0.124. The van der Waals surface area contributed by atoms with E-state index in [1.54, 1.807) is 24.3 Å². The topological polar surface area (TPSA) is 114 Å². The molecule has 166 valence electrons. The van der Waals surface area contributed by atoms with Gasteiger partial charge in [0, 0.05) is 13.1 Å². The van der Waals surface area contributed by atoms with Crippen molar-refractivity contribution in [2.75, 3.05) is 33.3 Å². The second kappa shape index (κ2) is 11.5. The van der Waals surface area contributed by atoms with E-state index in [4.69, 9.17) is 10.5 Å². The molecule has 1 aromatic rings. The van der Waals surface area contributed by atoms with Gasteiger partial charge >= 0.3 is 0 Å². The first-order chi connectivity index (χ1) is 14.3. The van der Waals surface area contributed by atoms with Crippen LogP contribution in [0.25, 0.3) is 0 Å². The highest BCUT2D eigenvalue weighted by Crippen LogP contribution is 2.18. The van der Waals surface area contributed by atoms with Crippen molar-refractivity contribution in [2.45, 2.75) is 39.2 Å². The molecule has 0 aromatic heterocycles. The number of ether oxygens (including phenoxy) is 1. The molecule has 3 amide bonds. The van der Waals surface area contributed by atoms with Crippen LogP contribution in [0.15, 0.2) is 24.3 Å². The Hall–Kier alpha value is -2.61. The van der Waals surface area contributed by atoms with Crippen LogP contribution in [0.5, 0.6) is 5.75 Å². The number of para-hydroxylation sites is 1.